The Labute approximate surface area is 129 Å². The molecule has 2 heterocycles. The zero-order valence-electron chi connectivity index (χ0n) is 12.1. The fourth-order valence-electron chi connectivity index (χ4n) is 2.71. The van der Waals surface area contributed by atoms with E-state index in [1.165, 1.54) is 17.7 Å². The van der Waals surface area contributed by atoms with Crippen molar-refractivity contribution in [1.29, 1.82) is 0 Å². The minimum atomic E-state index is -0.121. The van der Waals surface area contributed by atoms with Gasteiger partial charge in [-0.25, -0.2) is 4.98 Å². The van der Waals surface area contributed by atoms with Crippen LogP contribution in [0.2, 0.25) is 0 Å². The number of aryl methyl sites for hydroxylation is 1. The molecule has 2 aromatic rings. The number of fused-ring (bicyclic) bond motifs is 1. The van der Waals surface area contributed by atoms with Crippen LogP contribution in [0.5, 0.6) is 0 Å². The first-order chi connectivity index (χ1) is 10.3. The highest BCUT2D eigenvalue weighted by molar-refractivity contribution is 7.97. The number of anilines is 1. The quantitative estimate of drug-likeness (QED) is 0.942. The molecular weight excluding hydrogens is 282 g/mol. The number of hydrogen-bond donors (Lipinski definition) is 1. The van der Waals surface area contributed by atoms with Crippen molar-refractivity contribution in [3.8, 4) is 0 Å². The highest BCUT2D eigenvalue weighted by atomic mass is 32.2. The van der Waals surface area contributed by atoms with E-state index in [0.717, 1.165) is 30.8 Å². The average Bonchev–Trinajstić information content (AvgIpc) is 2.92. The Kier molecular flexibility index (Phi) is 4.29. The van der Waals surface area contributed by atoms with Crippen LogP contribution in [0.1, 0.15) is 34.7 Å². The number of rotatable bonds is 4. The zero-order chi connectivity index (χ0) is 14.7. The summed E-state index contributed by atoms with van der Waals surface area (Å²) in [5, 5.41) is 2.96. The summed E-state index contributed by atoms with van der Waals surface area (Å²) in [6.07, 6.45) is 7.22. The molecule has 3 rings (SSSR count). The van der Waals surface area contributed by atoms with E-state index in [-0.39, 0.29) is 5.91 Å². The molecule has 4 nitrogen and oxygen atoms in total. The molecule has 0 radical (unpaired) electrons. The lowest BCUT2D eigenvalue weighted by atomic mass is 10.1. The summed E-state index contributed by atoms with van der Waals surface area (Å²) in [7, 11) is 0. The molecule has 21 heavy (non-hydrogen) atoms. The summed E-state index contributed by atoms with van der Waals surface area (Å²) in [5.41, 5.74) is 3.22. The standard InChI is InChI=1S/C16H19N3OS/c1-21-11-12-5-4-6-13(9-12)18-16(20)15-17-10-14-7-2-3-8-19(14)15/h4-6,9-10H,2-3,7-8,11H2,1H3,(H,18,20). The van der Waals surface area contributed by atoms with Crippen molar-refractivity contribution in [2.75, 3.05) is 11.6 Å². The highest BCUT2D eigenvalue weighted by Gasteiger charge is 2.19. The van der Waals surface area contributed by atoms with E-state index in [4.69, 9.17) is 0 Å². The number of carbonyl (C=O) groups excluding carboxylic acids is 1. The van der Waals surface area contributed by atoms with Crippen molar-refractivity contribution < 1.29 is 4.79 Å². The summed E-state index contributed by atoms with van der Waals surface area (Å²) in [6, 6.07) is 7.99. The van der Waals surface area contributed by atoms with E-state index in [9.17, 15) is 4.79 Å². The van der Waals surface area contributed by atoms with Crippen molar-refractivity contribution in [3.63, 3.8) is 0 Å². The second-order valence-electron chi connectivity index (χ2n) is 5.27. The van der Waals surface area contributed by atoms with Gasteiger partial charge in [-0.05, 0) is 43.2 Å². The third-order valence-electron chi connectivity index (χ3n) is 3.70. The van der Waals surface area contributed by atoms with Crippen molar-refractivity contribution in [1.82, 2.24) is 9.55 Å². The molecule has 0 unspecified atom stereocenters. The molecule has 0 fully saturated rings. The lowest BCUT2D eigenvalue weighted by Crippen LogP contribution is -2.21. The second kappa shape index (κ2) is 6.35. The molecule has 1 N–H and O–H groups in total. The molecule has 1 amide bonds. The van der Waals surface area contributed by atoms with Crippen LogP contribution in [0.4, 0.5) is 5.69 Å². The predicted molar refractivity (Wildman–Crippen MR) is 86.8 cm³/mol. The number of thioether (sulfide) groups is 1. The van der Waals surface area contributed by atoms with E-state index < -0.39 is 0 Å². The van der Waals surface area contributed by atoms with Gasteiger partial charge in [-0.3, -0.25) is 4.79 Å². The number of amides is 1. The van der Waals surface area contributed by atoms with Gasteiger partial charge >= 0.3 is 0 Å². The van der Waals surface area contributed by atoms with Crippen LogP contribution in [0.25, 0.3) is 0 Å². The topological polar surface area (TPSA) is 46.9 Å². The monoisotopic (exact) mass is 301 g/mol. The number of carbonyl (C=O) groups is 1. The van der Waals surface area contributed by atoms with Gasteiger partial charge in [0.1, 0.15) is 0 Å². The molecular formula is C16H19N3OS. The van der Waals surface area contributed by atoms with E-state index in [1.54, 1.807) is 11.8 Å². The van der Waals surface area contributed by atoms with Crippen LogP contribution in [0.15, 0.2) is 30.5 Å². The molecule has 1 aromatic heterocycles. The maximum Gasteiger partial charge on any atom is 0.291 e. The Morgan fingerprint density at radius 2 is 2.33 bits per heavy atom. The lowest BCUT2D eigenvalue weighted by Gasteiger charge is -2.16. The number of nitrogens with one attached hydrogen (secondary N) is 1. The van der Waals surface area contributed by atoms with Gasteiger partial charge in [0.05, 0.1) is 0 Å². The van der Waals surface area contributed by atoms with Crippen molar-refractivity contribution in [2.24, 2.45) is 0 Å². The first kappa shape index (κ1) is 14.2. The second-order valence-corrected chi connectivity index (χ2v) is 6.14. The zero-order valence-corrected chi connectivity index (χ0v) is 12.9. The van der Waals surface area contributed by atoms with Crippen molar-refractivity contribution in [2.45, 2.75) is 31.6 Å². The minimum Gasteiger partial charge on any atom is -0.324 e. The largest absolute Gasteiger partial charge is 0.324 e. The van der Waals surface area contributed by atoms with E-state index in [2.05, 4.69) is 22.6 Å². The molecule has 0 bridgehead atoms. The third-order valence-corrected chi connectivity index (χ3v) is 4.32. The lowest BCUT2D eigenvalue weighted by molar-refractivity contribution is 0.101. The smallest absolute Gasteiger partial charge is 0.291 e. The van der Waals surface area contributed by atoms with E-state index >= 15 is 0 Å². The summed E-state index contributed by atoms with van der Waals surface area (Å²) >= 11 is 1.77. The predicted octanol–water partition coefficient (Wildman–Crippen LogP) is 3.33. The van der Waals surface area contributed by atoms with Crippen LogP contribution in [-0.2, 0) is 18.7 Å². The van der Waals surface area contributed by atoms with Gasteiger partial charge in [-0.1, -0.05) is 12.1 Å². The third kappa shape index (κ3) is 3.13. The van der Waals surface area contributed by atoms with E-state index in [0.29, 0.717) is 5.82 Å². The molecule has 0 spiro atoms. The van der Waals surface area contributed by atoms with Gasteiger partial charge in [0.25, 0.3) is 5.91 Å². The van der Waals surface area contributed by atoms with Crippen LogP contribution in [0, 0.1) is 0 Å². The first-order valence-corrected chi connectivity index (χ1v) is 8.61. The van der Waals surface area contributed by atoms with Crippen LogP contribution >= 0.6 is 11.8 Å². The molecule has 1 aromatic carbocycles. The minimum absolute atomic E-state index is 0.121. The molecule has 110 valence electrons. The average molecular weight is 301 g/mol. The number of aromatic nitrogens is 2. The molecule has 1 aliphatic rings. The SMILES string of the molecule is CSCc1cccc(NC(=O)c2ncc3n2CCCC3)c1. The van der Waals surface area contributed by atoms with Gasteiger partial charge in [-0.15, -0.1) is 0 Å². The number of benzene rings is 1. The maximum absolute atomic E-state index is 12.4. The Morgan fingerprint density at radius 3 is 3.19 bits per heavy atom. The van der Waals surface area contributed by atoms with Crippen molar-refractivity contribution >= 4 is 23.4 Å². The Hall–Kier alpha value is -1.75. The number of hydrogen-bond acceptors (Lipinski definition) is 3. The van der Waals surface area contributed by atoms with E-state index in [1.807, 2.05) is 29.0 Å². The van der Waals surface area contributed by atoms with Gasteiger partial charge < -0.3 is 9.88 Å². The van der Waals surface area contributed by atoms with Crippen LogP contribution in [0.3, 0.4) is 0 Å². The molecule has 0 saturated carbocycles. The van der Waals surface area contributed by atoms with Crippen molar-refractivity contribution in [3.05, 3.63) is 47.5 Å². The normalized spacial score (nSPS) is 13.8. The first-order valence-electron chi connectivity index (χ1n) is 7.21. The van der Waals surface area contributed by atoms with Gasteiger partial charge in [-0.2, -0.15) is 11.8 Å². The molecule has 0 aliphatic carbocycles. The summed E-state index contributed by atoms with van der Waals surface area (Å²) in [4.78, 5) is 16.7. The highest BCUT2D eigenvalue weighted by Crippen LogP contribution is 2.19. The maximum atomic E-state index is 12.4. The Balaban J connectivity index is 1.77. The fourth-order valence-corrected chi connectivity index (χ4v) is 3.22. The van der Waals surface area contributed by atoms with Crippen LogP contribution < -0.4 is 5.32 Å². The van der Waals surface area contributed by atoms with Gasteiger partial charge in [0.2, 0.25) is 0 Å². The number of nitrogens with zero attached hydrogens (tertiary/aromatic N) is 2. The Bertz CT molecular complexity index is 651. The Morgan fingerprint density at radius 1 is 1.43 bits per heavy atom. The summed E-state index contributed by atoms with van der Waals surface area (Å²) < 4.78 is 2.05. The fraction of sp³-hybridized carbons (Fsp3) is 0.375. The van der Waals surface area contributed by atoms with Crippen LogP contribution in [-0.4, -0.2) is 21.7 Å². The van der Waals surface area contributed by atoms with Gasteiger partial charge in [0.15, 0.2) is 5.82 Å². The molecule has 0 atom stereocenters. The number of imidazole rings is 1. The molecule has 0 saturated heterocycles. The molecule has 5 heteroatoms. The molecule has 1 aliphatic heterocycles. The summed E-state index contributed by atoms with van der Waals surface area (Å²) in [5.74, 6) is 1.35. The summed E-state index contributed by atoms with van der Waals surface area (Å²) in [6.45, 7) is 0.893. The van der Waals surface area contributed by atoms with Gasteiger partial charge in [0, 0.05) is 29.9 Å².